The maximum atomic E-state index is 11.4. The van der Waals surface area contributed by atoms with Crippen LogP contribution >= 0.6 is 12.4 Å². The molecule has 4 nitrogen and oxygen atoms in total. The zero-order valence-electron chi connectivity index (χ0n) is 7.40. The van der Waals surface area contributed by atoms with Crippen LogP contribution in [0.25, 0.3) is 0 Å². The highest BCUT2D eigenvalue weighted by atomic mass is 35.5. The van der Waals surface area contributed by atoms with Gasteiger partial charge in [0.05, 0.1) is 5.75 Å². The van der Waals surface area contributed by atoms with E-state index in [0.717, 1.165) is 13.1 Å². The van der Waals surface area contributed by atoms with Crippen LogP contribution in [0.15, 0.2) is 12.7 Å². The van der Waals surface area contributed by atoms with Gasteiger partial charge in [0, 0.05) is 26.2 Å². The number of halogens is 1. The molecule has 0 aromatic carbocycles. The second kappa shape index (κ2) is 5.59. The smallest absolute Gasteiger partial charge is 0.217 e. The Morgan fingerprint density at radius 3 is 2.38 bits per heavy atom. The molecule has 1 N–H and O–H groups in total. The minimum atomic E-state index is -3.06. The molecule has 13 heavy (non-hydrogen) atoms. The number of hydrogen-bond donors (Lipinski definition) is 1. The lowest BCUT2D eigenvalue weighted by atomic mass is 10.4. The van der Waals surface area contributed by atoms with Gasteiger partial charge in [0.15, 0.2) is 0 Å². The minimum absolute atomic E-state index is 0. The quantitative estimate of drug-likeness (QED) is 0.680. The molecule has 0 radical (unpaired) electrons. The van der Waals surface area contributed by atoms with Gasteiger partial charge < -0.3 is 5.32 Å². The first-order chi connectivity index (χ1) is 5.67. The number of nitrogens with one attached hydrogen (secondary N) is 1. The summed E-state index contributed by atoms with van der Waals surface area (Å²) < 4.78 is 24.3. The summed E-state index contributed by atoms with van der Waals surface area (Å²) in [4.78, 5) is 0. The monoisotopic (exact) mass is 226 g/mol. The van der Waals surface area contributed by atoms with E-state index in [1.54, 1.807) is 0 Å². The number of sulfonamides is 1. The van der Waals surface area contributed by atoms with Crippen molar-refractivity contribution in [2.45, 2.75) is 0 Å². The molecule has 0 spiro atoms. The molecule has 78 valence electrons. The van der Waals surface area contributed by atoms with Gasteiger partial charge in [0.1, 0.15) is 0 Å². The average Bonchev–Trinajstić information content (AvgIpc) is 2.06. The Bertz CT molecular complexity index is 247. The maximum Gasteiger partial charge on any atom is 0.217 e. The standard InChI is InChI=1S/C7H14N2O2S.ClH/c1-2-7-12(10,11)9-5-3-8-4-6-9;/h2,8H,1,3-7H2;1H. The predicted octanol–water partition coefficient (Wildman–Crippen LogP) is -0.171. The topological polar surface area (TPSA) is 49.4 Å². The van der Waals surface area contributed by atoms with Gasteiger partial charge in [0.2, 0.25) is 10.0 Å². The van der Waals surface area contributed by atoms with Crippen molar-refractivity contribution < 1.29 is 8.42 Å². The fourth-order valence-corrected chi connectivity index (χ4v) is 2.42. The van der Waals surface area contributed by atoms with E-state index in [1.165, 1.54) is 10.4 Å². The van der Waals surface area contributed by atoms with Crippen molar-refractivity contribution in [3.05, 3.63) is 12.7 Å². The zero-order chi connectivity index (χ0) is 9.03. The normalized spacial score (nSPS) is 19.1. The fraction of sp³-hybridized carbons (Fsp3) is 0.714. The molecule has 0 unspecified atom stereocenters. The van der Waals surface area contributed by atoms with Gasteiger partial charge in [-0.05, 0) is 0 Å². The summed E-state index contributed by atoms with van der Waals surface area (Å²) in [5, 5.41) is 3.10. The van der Waals surface area contributed by atoms with Crippen molar-refractivity contribution in [2.24, 2.45) is 0 Å². The molecule has 0 aromatic heterocycles. The molecular weight excluding hydrogens is 212 g/mol. The molecule has 0 aromatic rings. The third-order valence-electron chi connectivity index (χ3n) is 1.80. The van der Waals surface area contributed by atoms with Crippen LogP contribution in [0.4, 0.5) is 0 Å². The first-order valence-electron chi connectivity index (χ1n) is 3.96. The summed E-state index contributed by atoms with van der Waals surface area (Å²) in [6.07, 6.45) is 1.43. The molecule has 1 aliphatic rings. The van der Waals surface area contributed by atoms with Crippen molar-refractivity contribution in [3.63, 3.8) is 0 Å². The Kier molecular flexibility index (Phi) is 5.55. The van der Waals surface area contributed by atoms with Gasteiger partial charge in [-0.2, -0.15) is 4.31 Å². The second-order valence-electron chi connectivity index (χ2n) is 2.72. The lowest BCUT2D eigenvalue weighted by molar-refractivity contribution is 0.361. The molecular formula is C7H15ClN2O2S. The van der Waals surface area contributed by atoms with Crippen molar-refractivity contribution in [3.8, 4) is 0 Å². The van der Waals surface area contributed by atoms with E-state index in [4.69, 9.17) is 0 Å². The molecule has 1 saturated heterocycles. The molecule has 0 atom stereocenters. The van der Waals surface area contributed by atoms with E-state index >= 15 is 0 Å². The SMILES string of the molecule is C=CCS(=O)(=O)N1CCNCC1.Cl. The Labute approximate surface area is 85.5 Å². The summed E-state index contributed by atoms with van der Waals surface area (Å²) in [6.45, 7) is 6.07. The number of hydrogen-bond acceptors (Lipinski definition) is 3. The van der Waals surface area contributed by atoms with Crippen LogP contribution in [0.5, 0.6) is 0 Å². The summed E-state index contributed by atoms with van der Waals surface area (Å²) >= 11 is 0. The lowest BCUT2D eigenvalue weighted by Gasteiger charge is -2.25. The van der Waals surface area contributed by atoms with Gasteiger partial charge in [-0.25, -0.2) is 8.42 Å². The van der Waals surface area contributed by atoms with Crippen LogP contribution < -0.4 is 5.32 Å². The number of piperazine rings is 1. The summed E-state index contributed by atoms with van der Waals surface area (Å²) in [5.41, 5.74) is 0. The average molecular weight is 227 g/mol. The highest BCUT2D eigenvalue weighted by Crippen LogP contribution is 2.02. The molecule has 6 heteroatoms. The van der Waals surface area contributed by atoms with Gasteiger partial charge in [-0.15, -0.1) is 19.0 Å². The fourth-order valence-electron chi connectivity index (χ4n) is 1.18. The Morgan fingerprint density at radius 2 is 1.92 bits per heavy atom. The van der Waals surface area contributed by atoms with Crippen LogP contribution in [0.2, 0.25) is 0 Å². The van der Waals surface area contributed by atoms with Crippen LogP contribution in [-0.4, -0.2) is 44.7 Å². The number of rotatable bonds is 3. The van der Waals surface area contributed by atoms with Crippen LogP contribution in [0.1, 0.15) is 0 Å². The van der Waals surface area contributed by atoms with Gasteiger partial charge in [-0.3, -0.25) is 0 Å². The third-order valence-corrected chi connectivity index (χ3v) is 3.61. The zero-order valence-corrected chi connectivity index (χ0v) is 9.03. The Balaban J connectivity index is 0.00000144. The highest BCUT2D eigenvalue weighted by Gasteiger charge is 2.21. The highest BCUT2D eigenvalue weighted by molar-refractivity contribution is 7.89. The largest absolute Gasteiger partial charge is 0.314 e. The molecule has 1 heterocycles. The van der Waals surface area contributed by atoms with Crippen LogP contribution in [0.3, 0.4) is 0 Å². The van der Waals surface area contributed by atoms with Crippen molar-refractivity contribution in [1.82, 2.24) is 9.62 Å². The van der Waals surface area contributed by atoms with Gasteiger partial charge in [-0.1, -0.05) is 6.08 Å². The first-order valence-corrected chi connectivity index (χ1v) is 5.57. The Hall–Kier alpha value is -0.100. The van der Waals surface area contributed by atoms with Crippen molar-refractivity contribution >= 4 is 22.4 Å². The summed E-state index contributed by atoms with van der Waals surface area (Å²) in [5.74, 6) is 0.0486. The molecule has 0 aliphatic carbocycles. The van der Waals surface area contributed by atoms with E-state index in [-0.39, 0.29) is 18.2 Å². The predicted molar refractivity (Wildman–Crippen MR) is 55.7 cm³/mol. The van der Waals surface area contributed by atoms with E-state index in [1.807, 2.05) is 0 Å². The molecule has 1 fully saturated rings. The Morgan fingerprint density at radius 1 is 1.38 bits per heavy atom. The van der Waals surface area contributed by atoms with E-state index in [0.29, 0.717) is 13.1 Å². The van der Waals surface area contributed by atoms with Crippen LogP contribution in [-0.2, 0) is 10.0 Å². The van der Waals surface area contributed by atoms with E-state index < -0.39 is 10.0 Å². The van der Waals surface area contributed by atoms with Gasteiger partial charge >= 0.3 is 0 Å². The summed E-state index contributed by atoms with van der Waals surface area (Å²) in [6, 6.07) is 0. The number of nitrogens with zero attached hydrogens (tertiary/aromatic N) is 1. The first kappa shape index (κ1) is 12.9. The van der Waals surface area contributed by atoms with E-state index in [9.17, 15) is 8.42 Å². The molecule has 0 amide bonds. The molecule has 0 saturated carbocycles. The maximum absolute atomic E-state index is 11.4. The summed E-state index contributed by atoms with van der Waals surface area (Å²) in [7, 11) is -3.06. The second-order valence-corrected chi connectivity index (χ2v) is 4.73. The third kappa shape index (κ3) is 3.64. The lowest BCUT2D eigenvalue weighted by Crippen LogP contribution is -2.46. The van der Waals surface area contributed by atoms with Crippen molar-refractivity contribution in [2.75, 3.05) is 31.9 Å². The van der Waals surface area contributed by atoms with Gasteiger partial charge in [0.25, 0.3) is 0 Å². The van der Waals surface area contributed by atoms with E-state index in [2.05, 4.69) is 11.9 Å². The van der Waals surface area contributed by atoms with Crippen molar-refractivity contribution in [1.29, 1.82) is 0 Å². The minimum Gasteiger partial charge on any atom is -0.314 e. The molecule has 1 aliphatic heterocycles. The molecule has 1 rings (SSSR count). The van der Waals surface area contributed by atoms with Crippen LogP contribution in [0, 0.1) is 0 Å². The molecule has 0 bridgehead atoms.